The SMILES string of the molecule is CCOC(=O)c1nc(C2CCCC2)n(Cc2ccccc2C(F)(F)F)c1C. The van der Waals surface area contributed by atoms with E-state index in [2.05, 4.69) is 4.98 Å². The number of aromatic nitrogens is 2. The Balaban J connectivity index is 2.05. The van der Waals surface area contributed by atoms with Gasteiger partial charge >= 0.3 is 12.1 Å². The number of imidazole rings is 1. The summed E-state index contributed by atoms with van der Waals surface area (Å²) in [5, 5.41) is 0. The Hall–Kier alpha value is -2.31. The molecule has 7 heteroatoms. The molecule has 0 saturated heterocycles. The van der Waals surface area contributed by atoms with Crippen LogP contribution in [-0.4, -0.2) is 22.1 Å². The Kier molecular flexibility index (Phi) is 5.58. The van der Waals surface area contributed by atoms with Crippen LogP contribution in [0.25, 0.3) is 0 Å². The Morgan fingerprint density at radius 1 is 1.26 bits per heavy atom. The van der Waals surface area contributed by atoms with E-state index in [1.165, 1.54) is 12.1 Å². The van der Waals surface area contributed by atoms with Crippen molar-refractivity contribution in [1.82, 2.24) is 9.55 Å². The summed E-state index contributed by atoms with van der Waals surface area (Å²) in [4.78, 5) is 16.8. The topological polar surface area (TPSA) is 44.1 Å². The number of alkyl halides is 3. The van der Waals surface area contributed by atoms with E-state index in [0.29, 0.717) is 11.5 Å². The highest BCUT2D eigenvalue weighted by Crippen LogP contribution is 2.36. The molecule has 2 aromatic rings. The molecule has 0 radical (unpaired) electrons. The Labute approximate surface area is 156 Å². The summed E-state index contributed by atoms with van der Waals surface area (Å²) in [5.41, 5.74) is 0.254. The molecule has 1 saturated carbocycles. The van der Waals surface area contributed by atoms with Crippen molar-refractivity contribution in [3.63, 3.8) is 0 Å². The average molecular weight is 380 g/mol. The Morgan fingerprint density at radius 2 is 1.93 bits per heavy atom. The molecule has 0 amide bonds. The molecular weight excluding hydrogens is 357 g/mol. The molecule has 0 aliphatic heterocycles. The van der Waals surface area contributed by atoms with Crippen molar-refractivity contribution in [1.29, 1.82) is 0 Å². The molecule has 1 aromatic heterocycles. The molecule has 0 bridgehead atoms. The zero-order chi connectivity index (χ0) is 19.6. The maximum absolute atomic E-state index is 13.4. The van der Waals surface area contributed by atoms with Gasteiger partial charge in [0.1, 0.15) is 5.82 Å². The van der Waals surface area contributed by atoms with Gasteiger partial charge in [-0.1, -0.05) is 31.0 Å². The highest BCUT2D eigenvalue weighted by atomic mass is 19.4. The van der Waals surface area contributed by atoms with Gasteiger partial charge in [0.05, 0.1) is 12.2 Å². The largest absolute Gasteiger partial charge is 0.461 e. The second kappa shape index (κ2) is 7.74. The molecule has 1 aromatic carbocycles. The third-order valence-electron chi connectivity index (χ3n) is 5.09. The number of carbonyl (C=O) groups is 1. The molecule has 1 aliphatic carbocycles. The number of carbonyl (C=O) groups excluding carboxylic acids is 1. The van der Waals surface area contributed by atoms with Crippen LogP contribution < -0.4 is 0 Å². The standard InChI is InChI=1S/C20H23F3N2O2/c1-3-27-19(26)17-13(2)25(18(24-17)14-8-4-5-9-14)12-15-10-6-7-11-16(15)20(21,22)23/h6-7,10-11,14H,3-5,8-9,12H2,1-2H3. The summed E-state index contributed by atoms with van der Waals surface area (Å²) >= 11 is 0. The number of halogens is 3. The van der Waals surface area contributed by atoms with Crippen LogP contribution in [0, 0.1) is 6.92 Å². The van der Waals surface area contributed by atoms with Gasteiger partial charge in [0, 0.05) is 18.2 Å². The molecule has 1 heterocycles. The maximum atomic E-state index is 13.4. The molecule has 1 fully saturated rings. The molecular formula is C20H23F3N2O2. The first-order valence-corrected chi connectivity index (χ1v) is 9.22. The number of nitrogens with zero attached hydrogens (tertiary/aromatic N) is 2. The summed E-state index contributed by atoms with van der Waals surface area (Å²) in [6.07, 6.45) is -0.448. The molecule has 0 spiro atoms. The molecule has 1 aliphatic rings. The lowest BCUT2D eigenvalue weighted by Crippen LogP contribution is -2.15. The van der Waals surface area contributed by atoms with Crippen LogP contribution in [0.3, 0.4) is 0 Å². The molecule has 27 heavy (non-hydrogen) atoms. The third-order valence-corrected chi connectivity index (χ3v) is 5.09. The van der Waals surface area contributed by atoms with Crippen molar-refractivity contribution in [2.75, 3.05) is 6.61 Å². The van der Waals surface area contributed by atoms with Crippen molar-refractivity contribution in [3.8, 4) is 0 Å². The highest BCUT2D eigenvalue weighted by Gasteiger charge is 2.34. The molecule has 0 unspecified atom stereocenters. The minimum absolute atomic E-state index is 0.0275. The van der Waals surface area contributed by atoms with E-state index in [1.807, 2.05) is 0 Å². The highest BCUT2D eigenvalue weighted by molar-refractivity contribution is 5.88. The van der Waals surface area contributed by atoms with Crippen LogP contribution in [0.1, 0.15) is 71.7 Å². The van der Waals surface area contributed by atoms with E-state index in [1.54, 1.807) is 24.5 Å². The molecule has 4 nitrogen and oxygen atoms in total. The molecule has 146 valence electrons. The van der Waals surface area contributed by atoms with E-state index >= 15 is 0 Å². The lowest BCUT2D eigenvalue weighted by atomic mass is 10.1. The fourth-order valence-corrected chi connectivity index (χ4v) is 3.75. The van der Waals surface area contributed by atoms with Crippen molar-refractivity contribution < 1.29 is 22.7 Å². The van der Waals surface area contributed by atoms with Gasteiger partial charge in [0.25, 0.3) is 0 Å². The quantitative estimate of drug-likeness (QED) is 0.679. The predicted molar refractivity (Wildman–Crippen MR) is 94.7 cm³/mol. The first-order valence-electron chi connectivity index (χ1n) is 9.22. The van der Waals surface area contributed by atoms with Crippen molar-refractivity contribution in [2.24, 2.45) is 0 Å². The van der Waals surface area contributed by atoms with Gasteiger partial charge in [-0.05, 0) is 38.3 Å². The van der Waals surface area contributed by atoms with Crippen LogP contribution in [0.2, 0.25) is 0 Å². The van der Waals surface area contributed by atoms with E-state index in [-0.39, 0.29) is 30.3 Å². The third kappa shape index (κ3) is 4.01. The Morgan fingerprint density at radius 3 is 2.56 bits per heavy atom. The van der Waals surface area contributed by atoms with Gasteiger partial charge in [-0.2, -0.15) is 13.2 Å². The van der Waals surface area contributed by atoms with Gasteiger partial charge in [0.15, 0.2) is 5.69 Å². The smallest absolute Gasteiger partial charge is 0.416 e. The first-order chi connectivity index (χ1) is 12.8. The van der Waals surface area contributed by atoms with Crippen LogP contribution in [0.15, 0.2) is 24.3 Å². The summed E-state index contributed by atoms with van der Waals surface area (Å²) in [5.74, 6) is 0.312. The van der Waals surface area contributed by atoms with E-state index in [4.69, 9.17) is 4.74 Å². The number of esters is 1. The number of benzene rings is 1. The van der Waals surface area contributed by atoms with Crippen molar-refractivity contribution in [2.45, 2.75) is 58.2 Å². The normalized spacial score (nSPS) is 15.3. The zero-order valence-electron chi connectivity index (χ0n) is 15.5. The van der Waals surface area contributed by atoms with Crippen molar-refractivity contribution >= 4 is 5.97 Å². The minimum atomic E-state index is -4.43. The summed E-state index contributed by atoms with van der Waals surface area (Å²) < 4.78 is 47.0. The number of hydrogen-bond donors (Lipinski definition) is 0. The lowest BCUT2D eigenvalue weighted by Gasteiger charge is -2.17. The molecule has 3 rings (SSSR count). The van der Waals surface area contributed by atoms with Crippen molar-refractivity contribution in [3.05, 3.63) is 52.6 Å². The number of rotatable bonds is 5. The summed E-state index contributed by atoms with van der Waals surface area (Å²) in [7, 11) is 0. The Bertz CT molecular complexity index is 821. The molecule has 0 atom stereocenters. The molecule has 0 N–H and O–H groups in total. The fraction of sp³-hybridized carbons (Fsp3) is 0.500. The van der Waals surface area contributed by atoms with Gasteiger partial charge in [-0.3, -0.25) is 0 Å². The van der Waals surface area contributed by atoms with Crippen LogP contribution in [0.4, 0.5) is 13.2 Å². The van der Waals surface area contributed by atoms with E-state index in [0.717, 1.165) is 31.7 Å². The average Bonchev–Trinajstić information content (AvgIpc) is 3.24. The second-order valence-corrected chi connectivity index (χ2v) is 6.85. The van der Waals surface area contributed by atoms with Crippen LogP contribution in [0.5, 0.6) is 0 Å². The van der Waals surface area contributed by atoms with E-state index < -0.39 is 17.7 Å². The minimum Gasteiger partial charge on any atom is -0.461 e. The zero-order valence-corrected chi connectivity index (χ0v) is 15.5. The van der Waals surface area contributed by atoms with Gasteiger partial charge in [-0.25, -0.2) is 9.78 Å². The predicted octanol–water partition coefficient (Wildman–Crippen LogP) is 5.09. The van der Waals surface area contributed by atoms with Gasteiger partial charge in [-0.15, -0.1) is 0 Å². The van der Waals surface area contributed by atoms with Crippen LogP contribution >= 0.6 is 0 Å². The first kappa shape index (κ1) is 19.5. The fourth-order valence-electron chi connectivity index (χ4n) is 3.75. The maximum Gasteiger partial charge on any atom is 0.416 e. The monoisotopic (exact) mass is 380 g/mol. The lowest BCUT2D eigenvalue weighted by molar-refractivity contribution is -0.138. The summed E-state index contributed by atoms with van der Waals surface area (Å²) in [6, 6.07) is 5.54. The van der Waals surface area contributed by atoms with Gasteiger partial charge < -0.3 is 9.30 Å². The second-order valence-electron chi connectivity index (χ2n) is 6.85. The number of ether oxygens (including phenoxy) is 1. The van der Waals surface area contributed by atoms with E-state index in [9.17, 15) is 18.0 Å². The van der Waals surface area contributed by atoms with Crippen LogP contribution in [-0.2, 0) is 17.5 Å². The summed E-state index contributed by atoms with van der Waals surface area (Å²) in [6.45, 7) is 3.68. The van der Waals surface area contributed by atoms with Gasteiger partial charge in [0.2, 0.25) is 0 Å². The number of hydrogen-bond acceptors (Lipinski definition) is 3.